The number of furan rings is 1. The first-order valence-electron chi connectivity index (χ1n) is 10.3. The number of carbonyl (C=O) groups is 1. The first-order chi connectivity index (χ1) is 15.9. The molecule has 4 aromatic heterocycles. The summed E-state index contributed by atoms with van der Waals surface area (Å²) in [5, 5.41) is 21.0. The fourth-order valence-electron chi connectivity index (χ4n) is 3.57. The summed E-state index contributed by atoms with van der Waals surface area (Å²) in [6.07, 6.45) is 8.32. The van der Waals surface area contributed by atoms with Crippen LogP contribution in [0.4, 0.5) is 5.69 Å². The Hall–Kier alpha value is -3.82. The third-order valence-corrected chi connectivity index (χ3v) is 5.95. The molecule has 0 bridgehead atoms. The summed E-state index contributed by atoms with van der Waals surface area (Å²) in [6, 6.07) is 9.36. The van der Waals surface area contributed by atoms with Crippen LogP contribution in [0.2, 0.25) is 0 Å². The van der Waals surface area contributed by atoms with E-state index in [4.69, 9.17) is 4.42 Å². The zero-order chi connectivity index (χ0) is 23.0. The average Bonchev–Trinajstić information content (AvgIpc) is 3.54. The van der Waals surface area contributed by atoms with Gasteiger partial charge in [-0.3, -0.25) is 14.5 Å². The van der Waals surface area contributed by atoms with E-state index >= 15 is 0 Å². The number of aliphatic hydroxyl groups is 1. The van der Waals surface area contributed by atoms with Gasteiger partial charge < -0.3 is 14.8 Å². The lowest BCUT2D eigenvalue weighted by molar-refractivity contribution is 0.0591. The van der Waals surface area contributed by atoms with Gasteiger partial charge in [0, 0.05) is 45.5 Å². The average molecular weight is 460 g/mol. The molecular weight excluding hydrogens is 438 g/mol. The summed E-state index contributed by atoms with van der Waals surface area (Å²) in [4.78, 5) is 21.6. The van der Waals surface area contributed by atoms with Crippen LogP contribution in [-0.4, -0.2) is 36.4 Å². The van der Waals surface area contributed by atoms with Gasteiger partial charge in [0.2, 0.25) is 0 Å². The van der Waals surface area contributed by atoms with Gasteiger partial charge in [0.15, 0.2) is 0 Å². The summed E-state index contributed by atoms with van der Waals surface area (Å²) >= 11 is 1.40. The van der Waals surface area contributed by atoms with Crippen molar-refractivity contribution >= 4 is 33.8 Å². The summed E-state index contributed by atoms with van der Waals surface area (Å²) in [7, 11) is 0. The quantitative estimate of drug-likeness (QED) is 0.376. The highest BCUT2D eigenvalue weighted by Crippen LogP contribution is 2.34. The summed E-state index contributed by atoms with van der Waals surface area (Å²) in [5.74, 6) is -0.306. The van der Waals surface area contributed by atoms with Crippen molar-refractivity contribution in [3.63, 3.8) is 0 Å². The molecule has 0 aliphatic carbocycles. The number of amides is 1. The standard InChI is InChI=1S/C24H21N5O3S/c1-24(2,31)14-29-21-10-18(16-5-8-32-12-16)19(9-17(21)11-26-29)27-22(30)20-13-33-23(28-20)15-3-6-25-7-4-15/h3-13,31H,14H2,1-2H3,(H,27,30). The molecule has 0 spiro atoms. The predicted molar refractivity (Wildman–Crippen MR) is 127 cm³/mol. The Balaban J connectivity index is 1.50. The Kier molecular flexibility index (Phi) is 5.27. The van der Waals surface area contributed by atoms with Crippen molar-refractivity contribution < 1.29 is 14.3 Å². The van der Waals surface area contributed by atoms with Crippen LogP contribution in [0, 0.1) is 0 Å². The fourth-order valence-corrected chi connectivity index (χ4v) is 4.38. The van der Waals surface area contributed by atoms with Crippen molar-refractivity contribution in [2.45, 2.75) is 26.0 Å². The molecule has 5 rings (SSSR count). The topological polar surface area (TPSA) is 106 Å². The Morgan fingerprint density at radius 1 is 1.21 bits per heavy atom. The Morgan fingerprint density at radius 2 is 2.03 bits per heavy atom. The molecule has 1 aromatic carbocycles. The minimum atomic E-state index is -0.918. The van der Waals surface area contributed by atoms with E-state index in [0.29, 0.717) is 17.9 Å². The van der Waals surface area contributed by atoms with Gasteiger partial charge in [-0.05, 0) is 44.2 Å². The monoisotopic (exact) mass is 459 g/mol. The SMILES string of the molecule is CC(C)(O)Cn1ncc2cc(NC(=O)c3csc(-c4ccncc4)n3)c(-c3ccoc3)cc21. The second kappa shape index (κ2) is 8.27. The number of anilines is 1. The highest BCUT2D eigenvalue weighted by Gasteiger charge is 2.19. The van der Waals surface area contributed by atoms with E-state index in [0.717, 1.165) is 32.6 Å². The van der Waals surface area contributed by atoms with E-state index in [2.05, 4.69) is 20.4 Å². The summed E-state index contributed by atoms with van der Waals surface area (Å²) in [5.41, 5.74) is 3.40. The van der Waals surface area contributed by atoms with Gasteiger partial charge in [0.05, 0.1) is 36.4 Å². The summed E-state index contributed by atoms with van der Waals surface area (Å²) in [6.45, 7) is 3.81. The van der Waals surface area contributed by atoms with Crippen LogP contribution in [0.15, 0.2) is 71.2 Å². The van der Waals surface area contributed by atoms with Gasteiger partial charge in [-0.1, -0.05) is 0 Å². The second-order valence-corrected chi connectivity index (χ2v) is 9.17. The number of rotatable bonds is 6. The number of hydrogen-bond donors (Lipinski definition) is 2. The third kappa shape index (κ3) is 4.41. The number of carbonyl (C=O) groups excluding carboxylic acids is 1. The predicted octanol–water partition coefficient (Wildman–Crippen LogP) is 4.84. The molecule has 33 heavy (non-hydrogen) atoms. The maximum absolute atomic E-state index is 13.1. The van der Waals surface area contributed by atoms with Crippen molar-refractivity contribution in [1.82, 2.24) is 19.7 Å². The van der Waals surface area contributed by atoms with Gasteiger partial charge in [-0.25, -0.2) is 4.98 Å². The number of fused-ring (bicyclic) bond motifs is 1. The molecular formula is C24H21N5O3S. The lowest BCUT2D eigenvalue weighted by Crippen LogP contribution is -2.26. The molecule has 1 amide bonds. The van der Waals surface area contributed by atoms with Crippen LogP contribution in [0.3, 0.4) is 0 Å². The van der Waals surface area contributed by atoms with Crippen LogP contribution in [0.1, 0.15) is 24.3 Å². The summed E-state index contributed by atoms with van der Waals surface area (Å²) < 4.78 is 7.04. The van der Waals surface area contributed by atoms with Crippen LogP contribution >= 0.6 is 11.3 Å². The van der Waals surface area contributed by atoms with Crippen LogP contribution in [0.25, 0.3) is 32.6 Å². The van der Waals surface area contributed by atoms with Crippen molar-refractivity contribution in [2.75, 3.05) is 5.32 Å². The molecule has 0 aliphatic heterocycles. The minimum absolute atomic E-state index is 0.306. The molecule has 166 valence electrons. The van der Waals surface area contributed by atoms with Gasteiger partial charge in [0.25, 0.3) is 5.91 Å². The third-order valence-electron chi connectivity index (χ3n) is 5.06. The molecule has 0 radical (unpaired) electrons. The maximum Gasteiger partial charge on any atom is 0.275 e. The molecule has 4 heterocycles. The molecule has 8 nitrogen and oxygen atoms in total. The van der Waals surface area contributed by atoms with Gasteiger partial charge in [-0.15, -0.1) is 11.3 Å². The molecule has 0 saturated heterocycles. The minimum Gasteiger partial charge on any atom is -0.472 e. The molecule has 9 heteroatoms. The number of nitrogens with zero attached hydrogens (tertiary/aromatic N) is 4. The van der Waals surface area contributed by atoms with Crippen LogP contribution < -0.4 is 5.32 Å². The highest BCUT2D eigenvalue weighted by molar-refractivity contribution is 7.13. The smallest absolute Gasteiger partial charge is 0.275 e. The largest absolute Gasteiger partial charge is 0.472 e. The number of nitrogens with one attached hydrogen (secondary N) is 1. The van der Waals surface area contributed by atoms with Crippen molar-refractivity contribution in [3.05, 3.63) is 72.5 Å². The fraction of sp³-hybridized carbons (Fsp3) is 0.167. The van der Waals surface area contributed by atoms with Crippen molar-refractivity contribution in [2.24, 2.45) is 0 Å². The van der Waals surface area contributed by atoms with E-state index < -0.39 is 5.60 Å². The first kappa shape index (κ1) is 21.0. The van der Waals surface area contributed by atoms with Gasteiger partial charge in [0.1, 0.15) is 10.7 Å². The Bertz CT molecular complexity index is 1420. The number of thiazole rings is 1. The molecule has 0 unspecified atom stereocenters. The number of aromatic nitrogens is 4. The molecule has 0 fully saturated rings. The zero-order valence-corrected chi connectivity index (χ0v) is 18.8. The Morgan fingerprint density at radius 3 is 2.76 bits per heavy atom. The number of pyridine rings is 1. The van der Waals surface area contributed by atoms with E-state index in [1.54, 1.807) is 55.0 Å². The lowest BCUT2D eigenvalue weighted by atomic mass is 10.0. The van der Waals surface area contributed by atoms with E-state index in [1.165, 1.54) is 11.3 Å². The maximum atomic E-state index is 13.1. The normalized spacial score (nSPS) is 11.7. The van der Waals surface area contributed by atoms with E-state index in [1.807, 2.05) is 30.3 Å². The van der Waals surface area contributed by atoms with Crippen LogP contribution in [0.5, 0.6) is 0 Å². The lowest BCUT2D eigenvalue weighted by Gasteiger charge is -2.18. The molecule has 0 saturated carbocycles. The van der Waals surface area contributed by atoms with Gasteiger partial charge >= 0.3 is 0 Å². The zero-order valence-electron chi connectivity index (χ0n) is 18.0. The number of hydrogen-bond acceptors (Lipinski definition) is 7. The van der Waals surface area contributed by atoms with E-state index in [-0.39, 0.29) is 5.91 Å². The molecule has 0 atom stereocenters. The molecule has 2 N–H and O–H groups in total. The first-order valence-corrected chi connectivity index (χ1v) is 11.2. The van der Waals surface area contributed by atoms with Crippen LogP contribution in [-0.2, 0) is 6.54 Å². The van der Waals surface area contributed by atoms with Crippen molar-refractivity contribution in [3.8, 4) is 21.7 Å². The molecule has 5 aromatic rings. The van der Waals surface area contributed by atoms with E-state index in [9.17, 15) is 9.90 Å². The molecule has 0 aliphatic rings. The second-order valence-electron chi connectivity index (χ2n) is 8.31. The Labute approximate surface area is 193 Å². The van der Waals surface area contributed by atoms with Crippen molar-refractivity contribution in [1.29, 1.82) is 0 Å². The number of benzene rings is 1. The highest BCUT2D eigenvalue weighted by atomic mass is 32.1. The van der Waals surface area contributed by atoms with Gasteiger partial charge in [-0.2, -0.15) is 5.10 Å².